The van der Waals surface area contributed by atoms with Crippen molar-refractivity contribution in [1.82, 2.24) is 19.7 Å². The Kier molecular flexibility index (Phi) is 4.02. The second kappa shape index (κ2) is 6.49. The fraction of sp³-hybridized carbons (Fsp3) is 0.0556. The van der Waals surface area contributed by atoms with E-state index in [1.807, 2.05) is 17.5 Å². The van der Waals surface area contributed by atoms with E-state index in [-0.39, 0.29) is 11.3 Å². The second-order valence-electron chi connectivity index (χ2n) is 5.55. The van der Waals surface area contributed by atoms with Crippen LogP contribution in [0.25, 0.3) is 22.0 Å². The Hall–Kier alpha value is -3.39. The highest BCUT2D eigenvalue weighted by Crippen LogP contribution is 2.25. The third kappa shape index (κ3) is 2.86. The van der Waals surface area contributed by atoms with Crippen molar-refractivity contribution >= 4 is 33.1 Å². The fourth-order valence-corrected chi connectivity index (χ4v) is 3.32. The number of amides is 1. The van der Waals surface area contributed by atoms with Gasteiger partial charge in [0.25, 0.3) is 11.5 Å². The zero-order valence-corrected chi connectivity index (χ0v) is 14.5. The van der Waals surface area contributed by atoms with Crippen molar-refractivity contribution in [3.8, 4) is 11.3 Å². The van der Waals surface area contributed by atoms with Gasteiger partial charge in [-0.15, -0.1) is 11.3 Å². The summed E-state index contributed by atoms with van der Waals surface area (Å²) < 4.78 is 1.17. The van der Waals surface area contributed by atoms with E-state index >= 15 is 0 Å². The number of hydrogen-bond donors (Lipinski definition) is 1. The third-order valence-corrected chi connectivity index (χ3v) is 4.63. The first-order chi connectivity index (χ1) is 12.6. The molecule has 0 saturated carbocycles. The van der Waals surface area contributed by atoms with Crippen LogP contribution in [-0.4, -0.2) is 25.7 Å². The summed E-state index contributed by atoms with van der Waals surface area (Å²) in [6.45, 7) is 0. The molecule has 0 saturated heterocycles. The maximum Gasteiger partial charge on any atom is 0.278 e. The lowest BCUT2D eigenvalue weighted by atomic mass is 10.1. The first-order valence-electron chi connectivity index (χ1n) is 7.77. The fourth-order valence-electron chi connectivity index (χ4n) is 2.61. The molecule has 0 radical (unpaired) electrons. The van der Waals surface area contributed by atoms with E-state index in [1.54, 1.807) is 36.7 Å². The molecule has 0 aliphatic rings. The van der Waals surface area contributed by atoms with E-state index in [9.17, 15) is 9.59 Å². The number of benzene rings is 1. The van der Waals surface area contributed by atoms with Crippen LogP contribution < -0.4 is 10.9 Å². The van der Waals surface area contributed by atoms with Gasteiger partial charge in [0, 0.05) is 35.8 Å². The number of anilines is 1. The molecule has 0 aliphatic heterocycles. The van der Waals surface area contributed by atoms with E-state index < -0.39 is 5.91 Å². The smallest absolute Gasteiger partial charge is 0.278 e. The lowest BCUT2D eigenvalue weighted by molar-refractivity contribution is 0.102. The summed E-state index contributed by atoms with van der Waals surface area (Å²) in [4.78, 5) is 33.3. The normalized spacial score (nSPS) is 10.8. The zero-order valence-electron chi connectivity index (χ0n) is 13.7. The summed E-state index contributed by atoms with van der Waals surface area (Å²) in [5.74, 6) is -0.410. The maximum absolute atomic E-state index is 12.7. The number of carbonyl (C=O) groups is 1. The molecular formula is C18H13N5O2S. The van der Waals surface area contributed by atoms with Gasteiger partial charge in [0.15, 0.2) is 10.8 Å². The number of fused-ring (bicyclic) bond motifs is 1. The largest absolute Gasteiger partial charge is 0.296 e. The molecule has 8 heteroatoms. The molecule has 1 N–H and O–H groups in total. The minimum atomic E-state index is -0.410. The Labute approximate surface area is 152 Å². The molecule has 4 aromatic rings. The average molecular weight is 363 g/mol. The molecule has 1 amide bonds. The Morgan fingerprint density at radius 3 is 2.62 bits per heavy atom. The molecule has 7 nitrogen and oxygen atoms in total. The molecule has 128 valence electrons. The van der Waals surface area contributed by atoms with Crippen molar-refractivity contribution in [3.63, 3.8) is 0 Å². The van der Waals surface area contributed by atoms with Crippen LogP contribution in [0, 0.1) is 0 Å². The number of aryl methyl sites for hydroxylation is 1. The SMILES string of the molecule is Cn1nc(C(=O)Nc2nc(-c3ccncc3)cs2)c2ccccc2c1=O. The molecule has 0 fully saturated rings. The molecule has 0 aliphatic carbocycles. The number of hydrogen-bond acceptors (Lipinski definition) is 6. The Morgan fingerprint density at radius 1 is 1.12 bits per heavy atom. The van der Waals surface area contributed by atoms with Gasteiger partial charge in [-0.3, -0.25) is 19.9 Å². The standard InChI is InChI=1S/C18H13N5O2S/c1-23-17(25)13-5-3-2-4-12(13)15(22-23)16(24)21-18-20-14(10-26-18)11-6-8-19-9-7-11/h2-10H,1H3,(H,20,21,24). The number of aromatic nitrogens is 4. The predicted molar refractivity (Wildman–Crippen MR) is 100 cm³/mol. The minimum absolute atomic E-state index is 0.184. The van der Waals surface area contributed by atoms with E-state index in [0.29, 0.717) is 15.9 Å². The average Bonchev–Trinajstić information content (AvgIpc) is 3.14. The van der Waals surface area contributed by atoms with Crippen LogP contribution in [0.15, 0.2) is 59.0 Å². The molecule has 1 aromatic carbocycles. The van der Waals surface area contributed by atoms with Gasteiger partial charge >= 0.3 is 0 Å². The molecule has 4 rings (SSSR count). The Bertz CT molecular complexity index is 1170. The van der Waals surface area contributed by atoms with E-state index in [1.165, 1.54) is 23.1 Å². The van der Waals surface area contributed by atoms with Crippen LogP contribution in [0.5, 0.6) is 0 Å². The summed E-state index contributed by atoms with van der Waals surface area (Å²) >= 11 is 1.32. The van der Waals surface area contributed by atoms with Gasteiger partial charge in [-0.2, -0.15) is 5.10 Å². The van der Waals surface area contributed by atoms with Gasteiger partial charge in [-0.05, 0) is 18.2 Å². The molecule has 0 spiro atoms. The summed E-state index contributed by atoms with van der Waals surface area (Å²) in [6.07, 6.45) is 3.38. The van der Waals surface area contributed by atoms with Crippen LogP contribution in [0.2, 0.25) is 0 Å². The van der Waals surface area contributed by atoms with E-state index in [0.717, 1.165) is 11.3 Å². The monoisotopic (exact) mass is 363 g/mol. The molecule has 3 aromatic heterocycles. The minimum Gasteiger partial charge on any atom is -0.296 e. The molecule has 0 unspecified atom stereocenters. The second-order valence-corrected chi connectivity index (χ2v) is 6.41. The lowest BCUT2D eigenvalue weighted by Crippen LogP contribution is -2.25. The first-order valence-corrected chi connectivity index (χ1v) is 8.65. The summed E-state index contributed by atoms with van der Waals surface area (Å²) in [7, 11) is 1.52. The van der Waals surface area contributed by atoms with Crippen LogP contribution >= 0.6 is 11.3 Å². The van der Waals surface area contributed by atoms with Crippen LogP contribution in [0.3, 0.4) is 0 Å². The van der Waals surface area contributed by atoms with Crippen LogP contribution in [0.4, 0.5) is 5.13 Å². The van der Waals surface area contributed by atoms with Gasteiger partial charge < -0.3 is 0 Å². The number of carbonyl (C=O) groups excluding carboxylic acids is 1. The van der Waals surface area contributed by atoms with Gasteiger partial charge in [0.2, 0.25) is 0 Å². The van der Waals surface area contributed by atoms with E-state index in [2.05, 4.69) is 20.4 Å². The lowest BCUT2D eigenvalue weighted by Gasteiger charge is -2.07. The summed E-state index contributed by atoms with van der Waals surface area (Å²) in [6, 6.07) is 10.6. The highest BCUT2D eigenvalue weighted by atomic mass is 32.1. The zero-order chi connectivity index (χ0) is 18.1. The summed E-state index contributed by atoms with van der Waals surface area (Å²) in [5.41, 5.74) is 1.61. The molecular weight excluding hydrogens is 350 g/mol. The van der Waals surface area contributed by atoms with Crippen molar-refractivity contribution in [2.45, 2.75) is 0 Å². The third-order valence-electron chi connectivity index (χ3n) is 3.87. The molecule has 0 atom stereocenters. The molecule has 0 bridgehead atoms. The number of rotatable bonds is 3. The topological polar surface area (TPSA) is 89.8 Å². The number of nitrogens with one attached hydrogen (secondary N) is 1. The van der Waals surface area contributed by atoms with Crippen molar-refractivity contribution in [1.29, 1.82) is 0 Å². The van der Waals surface area contributed by atoms with Gasteiger partial charge in [-0.25, -0.2) is 9.67 Å². The molecule has 26 heavy (non-hydrogen) atoms. The van der Waals surface area contributed by atoms with Crippen molar-refractivity contribution in [2.75, 3.05) is 5.32 Å². The van der Waals surface area contributed by atoms with Crippen molar-refractivity contribution < 1.29 is 4.79 Å². The van der Waals surface area contributed by atoms with Crippen molar-refractivity contribution in [3.05, 3.63) is 70.2 Å². The summed E-state index contributed by atoms with van der Waals surface area (Å²) in [5, 5.41) is 10.2. The maximum atomic E-state index is 12.7. The Morgan fingerprint density at radius 2 is 1.85 bits per heavy atom. The van der Waals surface area contributed by atoms with E-state index in [4.69, 9.17) is 0 Å². The van der Waals surface area contributed by atoms with Gasteiger partial charge in [0.1, 0.15) is 0 Å². The Balaban J connectivity index is 1.68. The number of pyridine rings is 1. The highest BCUT2D eigenvalue weighted by Gasteiger charge is 2.17. The van der Waals surface area contributed by atoms with Crippen molar-refractivity contribution in [2.24, 2.45) is 7.05 Å². The first kappa shape index (κ1) is 16.1. The molecule has 3 heterocycles. The van der Waals surface area contributed by atoms with Gasteiger partial charge in [-0.1, -0.05) is 18.2 Å². The highest BCUT2D eigenvalue weighted by molar-refractivity contribution is 7.14. The number of nitrogens with zero attached hydrogens (tertiary/aromatic N) is 4. The van der Waals surface area contributed by atoms with Gasteiger partial charge in [0.05, 0.1) is 11.1 Å². The van der Waals surface area contributed by atoms with Crippen LogP contribution in [0.1, 0.15) is 10.5 Å². The predicted octanol–water partition coefficient (Wildman–Crippen LogP) is 2.70. The quantitative estimate of drug-likeness (QED) is 0.604. The number of thiazole rings is 1. The van der Waals surface area contributed by atoms with Crippen LogP contribution in [-0.2, 0) is 7.05 Å².